The predicted molar refractivity (Wildman–Crippen MR) is 63.3 cm³/mol. The standard InChI is InChI=1S/C14H14/c1-3-11(2)13-10-6-8-12-7-4-5-9-14(12)13/h3-10H,1-2H3/b11-3+. The summed E-state index contributed by atoms with van der Waals surface area (Å²) >= 11 is 0. The second-order valence-electron chi connectivity index (χ2n) is 3.50. The van der Waals surface area contributed by atoms with Gasteiger partial charge in [0.25, 0.3) is 0 Å². The van der Waals surface area contributed by atoms with Gasteiger partial charge in [0.1, 0.15) is 0 Å². The van der Waals surface area contributed by atoms with Crippen molar-refractivity contribution >= 4 is 16.3 Å². The van der Waals surface area contributed by atoms with Crippen molar-refractivity contribution in [3.8, 4) is 0 Å². The monoisotopic (exact) mass is 182 g/mol. The van der Waals surface area contributed by atoms with Gasteiger partial charge in [0.05, 0.1) is 0 Å². The molecule has 0 nitrogen and oxygen atoms in total. The Morgan fingerprint density at radius 2 is 1.71 bits per heavy atom. The molecule has 0 aromatic heterocycles. The van der Waals surface area contributed by atoms with Crippen LogP contribution in [0.4, 0.5) is 0 Å². The molecule has 0 spiro atoms. The van der Waals surface area contributed by atoms with Crippen LogP contribution in [0.1, 0.15) is 19.4 Å². The molecule has 2 rings (SSSR count). The molecule has 0 saturated carbocycles. The molecule has 0 atom stereocenters. The van der Waals surface area contributed by atoms with Gasteiger partial charge in [-0.3, -0.25) is 0 Å². The zero-order valence-electron chi connectivity index (χ0n) is 8.62. The number of hydrogen-bond acceptors (Lipinski definition) is 0. The fourth-order valence-corrected chi connectivity index (χ4v) is 1.72. The second kappa shape index (κ2) is 3.67. The molecule has 0 bridgehead atoms. The van der Waals surface area contributed by atoms with Crippen LogP contribution < -0.4 is 0 Å². The predicted octanol–water partition coefficient (Wildman–Crippen LogP) is 4.26. The lowest BCUT2D eigenvalue weighted by Crippen LogP contribution is -1.81. The minimum atomic E-state index is 1.31. The molecule has 0 fully saturated rings. The Labute approximate surface area is 84.9 Å². The molecule has 0 N–H and O–H groups in total. The summed E-state index contributed by atoms with van der Waals surface area (Å²) in [6.45, 7) is 4.23. The molecule has 70 valence electrons. The number of allylic oxidation sites excluding steroid dienone is 2. The third kappa shape index (κ3) is 1.44. The first-order chi connectivity index (χ1) is 6.83. The molecular weight excluding hydrogens is 168 g/mol. The Morgan fingerprint density at radius 1 is 1.00 bits per heavy atom. The second-order valence-corrected chi connectivity index (χ2v) is 3.50. The van der Waals surface area contributed by atoms with Crippen LogP contribution in [-0.2, 0) is 0 Å². The highest BCUT2D eigenvalue weighted by Gasteiger charge is 1.99. The van der Waals surface area contributed by atoms with Gasteiger partial charge in [-0.25, -0.2) is 0 Å². The van der Waals surface area contributed by atoms with Gasteiger partial charge < -0.3 is 0 Å². The van der Waals surface area contributed by atoms with Crippen LogP contribution in [0.2, 0.25) is 0 Å². The highest BCUT2D eigenvalue weighted by atomic mass is 14.0. The Hall–Kier alpha value is -1.56. The molecule has 0 unspecified atom stereocenters. The molecule has 0 aliphatic heterocycles. The topological polar surface area (TPSA) is 0 Å². The smallest absolute Gasteiger partial charge is 0.0109 e. The normalized spacial score (nSPS) is 12.0. The summed E-state index contributed by atoms with van der Waals surface area (Å²) in [5.41, 5.74) is 2.67. The van der Waals surface area contributed by atoms with Crippen LogP contribution in [0.5, 0.6) is 0 Å². The molecule has 2 aromatic rings. The van der Waals surface area contributed by atoms with Gasteiger partial charge in [-0.15, -0.1) is 0 Å². The molecule has 0 radical (unpaired) electrons. The van der Waals surface area contributed by atoms with Gasteiger partial charge in [0.2, 0.25) is 0 Å². The Morgan fingerprint density at radius 3 is 2.50 bits per heavy atom. The average molecular weight is 182 g/mol. The van der Waals surface area contributed by atoms with Crippen LogP contribution >= 0.6 is 0 Å². The maximum atomic E-state index is 2.18. The minimum absolute atomic E-state index is 1.31. The zero-order valence-corrected chi connectivity index (χ0v) is 8.62. The van der Waals surface area contributed by atoms with E-state index in [0.29, 0.717) is 0 Å². The highest BCUT2D eigenvalue weighted by molar-refractivity contribution is 5.93. The maximum absolute atomic E-state index is 2.18. The summed E-state index contributed by atoms with van der Waals surface area (Å²) in [4.78, 5) is 0. The molecule has 0 aliphatic carbocycles. The summed E-state index contributed by atoms with van der Waals surface area (Å²) < 4.78 is 0. The van der Waals surface area contributed by atoms with Crippen molar-refractivity contribution in [1.82, 2.24) is 0 Å². The number of hydrogen-bond donors (Lipinski definition) is 0. The van der Waals surface area contributed by atoms with Gasteiger partial charge in [0.15, 0.2) is 0 Å². The molecule has 0 amide bonds. The largest absolute Gasteiger partial charge is 0.0841 e. The number of rotatable bonds is 1. The minimum Gasteiger partial charge on any atom is -0.0841 e. The summed E-state index contributed by atoms with van der Waals surface area (Å²) in [5.74, 6) is 0. The Balaban J connectivity index is 2.77. The van der Waals surface area contributed by atoms with Crippen LogP contribution in [0.15, 0.2) is 48.5 Å². The van der Waals surface area contributed by atoms with E-state index in [1.54, 1.807) is 0 Å². The first kappa shape index (κ1) is 9.01. The molecule has 0 saturated heterocycles. The third-order valence-corrected chi connectivity index (χ3v) is 2.65. The van der Waals surface area contributed by atoms with E-state index in [1.807, 2.05) is 0 Å². The lowest BCUT2D eigenvalue weighted by molar-refractivity contribution is 1.58. The van der Waals surface area contributed by atoms with E-state index in [4.69, 9.17) is 0 Å². The molecule has 0 aliphatic rings. The van der Waals surface area contributed by atoms with E-state index >= 15 is 0 Å². The van der Waals surface area contributed by atoms with Crippen molar-refractivity contribution in [3.63, 3.8) is 0 Å². The van der Waals surface area contributed by atoms with Gasteiger partial charge >= 0.3 is 0 Å². The van der Waals surface area contributed by atoms with Crippen molar-refractivity contribution < 1.29 is 0 Å². The lowest BCUT2D eigenvalue weighted by Gasteiger charge is -2.05. The summed E-state index contributed by atoms with van der Waals surface area (Å²) in [6, 6.07) is 15.0. The van der Waals surface area contributed by atoms with Gasteiger partial charge in [-0.2, -0.15) is 0 Å². The van der Waals surface area contributed by atoms with Crippen molar-refractivity contribution in [2.24, 2.45) is 0 Å². The fraction of sp³-hybridized carbons (Fsp3) is 0.143. The molecule has 14 heavy (non-hydrogen) atoms. The van der Waals surface area contributed by atoms with Gasteiger partial charge in [-0.05, 0) is 35.8 Å². The van der Waals surface area contributed by atoms with Gasteiger partial charge in [-0.1, -0.05) is 48.5 Å². The lowest BCUT2D eigenvalue weighted by atomic mass is 9.99. The first-order valence-corrected chi connectivity index (χ1v) is 4.94. The number of fused-ring (bicyclic) bond motifs is 1. The molecule has 0 heterocycles. The van der Waals surface area contributed by atoms with E-state index < -0.39 is 0 Å². The molecule has 0 heteroatoms. The van der Waals surface area contributed by atoms with Crippen LogP contribution in [0, 0.1) is 0 Å². The van der Waals surface area contributed by atoms with Crippen molar-refractivity contribution in [2.75, 3.05) is 0 Å². The van der Waals surface area contributed by atoms with Gasteiger partial charge in [0, 0.05) is 0 Å². The zero-order chi connectivity index (χ0) is 9.97. The SMILES string of the molecule is C/C=C(\C)c1cccc2ccccc12. The summed E-state index contributed by atoms with van der Waals surface area (Å²) in [5, 5.41) is 2.65. The maximum Gasteiger partial charge on any atom is -0.0109 e. The van der Waals surface area contributed by atoms with Crippen molar-refractivity contribution in [1.29, 1.82) is 0 Å². The highest BCUT2D eigenvalue weighted by Crippen LogP contribution is 2.24. The van der Waals surface area contributed by atoms with E-state index in [0.717, 1.165) is 0 Å². The van der Waals surface area contributed by atoms with Crippen molar-refractivity contribution in [3.05, 3.63) is 54.1 Å². The van der Waals surface area contributed by atoms with Crippen LogP contribution in [0.3, 0.4) is 0 Å². The quantitative estimate of drug-likeness (QED) is 0.618. The van der Waals surface area contributed by atoms with Crippen molar-refractivity contribution in [2.45, 2.75) is 13.8 Å². The van der Waals surface area contributed by atoms with E-state index in [1.165, 1.54) is 21.9 Å². The summed E-state index contributed by atoms with van der Waals surface area (Å²) in [7, 11) is 0. The Kier molecular flexibility index (Phi) is 2.36. The van der Waals surface area contributed by atoms with Crippen LogP contribution in [-0.4, -0.2) is 0 Å². The Bertz CT molecular complexity index is 473. The summed E-state index contributed by atoms with van der Waals surface area (Å²) in [6.07, 6.45) is 2.15. The third-order valence-electron chi connectivity index (χ3n) is 2.65. The van der Waals surface area contributed by atoms with E-state index in [2.05, 4.69) is 62.4 Å². The van der Waals surface area contributed by atoms with Crippen LogP contribution in [0.25, 0.3) is 16.3 Å². The average Bonchev–Trinajstić information content (AvgIpc) is 2.27. The van der Waals surface area contributed by atoms with E-state index in [-0.39, 0.29) is 0 Å². The molecule has 2 aromatic carbocycles. The molecular formula is C14H14. The fourth-order valence-electron chi connectivity index (χ4n) is 1.72. The first-order valence-electron chi connectivity index (χ1n) is 4.94. The number of benzene rings is 2. The van der Waals surface area contributed by atoms with E-state index in [9.17, 15) is 0 Å².